The van der Waals surface area contributed by atoms with Crippen LogP contribution in [0.25, 0.3) is 0 Å². The van der Waals surface area contributed by atoms with Crippen LogP contribution in [-0.4, -0.2) is 34.9 Å². The van der Waals surface area contributed by atoms with Crippen molar-refractivity contribution >= 4 is 39.3 Å². The van der Waals surface area contributed by atoms with E-state index in [4.69, 9.17) is 11.6 Å². The minimum atomic E-state index is -0.277. The quantitative estimate of drug-likeness (QED) is 0.693. The second kappa shape index (κ2) is 7.81. The van der Waals surface area contributed by atoms with Crippen LogP contribution in [0, 0.1) is 0 Å². The number of nitrogens with zero attached hydrogens (tertiary/aromatic N) is 2. The molecule has 0 spiro atoms. The summed E-state index contributed by atoms with van der Waals surface area (Å²) in [6.45, 7) is 3.72. The second-order valence-electron chi connectivity index (χ2n) is 5.56. The van der Waals surface area contributed by atoms with Crippen molar-refractivity contribution in [1.29, 1.82) is 0 Å². The molecule has 0 aromatic heterocycles. The summed E-state index contributed by atoms with van der Waals surface area (Å²) in [6, 6.07) is 13.6. The van der Waals surface area contributed by atoms with Gasteiger partial charge in [0.25, 0.3) is 11.8 Å². The summed E-state index contributed by atoms with van der Waals surface area (Å²) in [6.07, 6.45) is 0. The molecule has 2 aromatic carbocycles. The molecule has 24 heavy (non-hydrogen) atoms. The van der Waals surface area contributed by atoms with E-state index in [9.17, 15) is 9.59 Å². The lowest BCUT2D eigenvalue weighted by atomic mass is 10.2. The van der Waals surface area contributed by atoms with Gasteiger partial charge in [-0.15, -0.1) is 0 Å². The molecule has 6 heteroatoms. The smallest absolute Gasteiger partial charge is 0.267 e. The fraction of sp³-hybridized carbons (Fsp3) is 0.222. The maximum atomic E-state index is 13.0. The Morgan fingerprint density at radius 1 is 1.04 bits per heavy atom. The van der Waals surface area contributed by atoms with Crippen molar-refractivity contribution in [3.8, 4) is 0 Å². The van der Waals surface area contributed by atoms with E-state index in [1.165, 1.54) is 10.0 Å². The third kappa shape index (κ3) is 3.97. The van der Waals surface area contributed by atoms with E-state index in [0.717, 1.165) is 0 Å². The molecule has 0 radical (unpaired) electrons. The lowest BCUT2D eigenvalue weighted by molar-refractivity contribution is -0.00511. The predicted molar refractivity (Wildman–Crippen MR) is 99.0 cm³/mol. The summed E-state index contributed by atoms with van der Waals surface area (Å²) in [5, 5.41) is 3.32. The van der Waals surface area contributed by atoms with E-state index in [0.29, 0.717) is 20.6 Å². The maximum Gasteiger partial charge on any atom is 0.273 e. The second-order valence-corrected chi connectivity index (χ2v) is 6.85. The van der Waals surface area contributed by atoms with E-state index in [-0.39, 0.29) is 17.9 Å². The standard InChI is InChI=1S/C18H18BrClN2O2/c1-12(2)22(18(24)15-10-9-14(20)11-16(15)19)21(3)17(23)13-7-5-4-6-8-13/h4-12H,1-3H3. The van der Waals surface area contributed by atoms with Crippen LogP contribution in [0.5, 0.6) is 0 Å². The Hall–Kier alpha value is -1.85. The van der Waals surface area contributed by atoms with Gasteiger partial charge < -0.3 is 0 Å². The number of carbonyl (C=O) groups is 2. The van der Waals surface area contributed by atoms with Crippen LogP contribution >= 0.6 is 27.5 Å². The van der Waals surface area contributed by atoms with Gasteiger partial charge in [0.05, 0.1) is 5.56 Å². The van der Waals surface area contributed by atoms with Crippen molar-refractivity contribution in [2.45, 2.75) is 19.9 Å². The summed E-state index contributed by atoms with van der Waals surface area (Å²) in [5.74, 6) is -0.525. The first-order valence-corrected chi connectivity index (χ1v) is 8.61. The van der Waals surface area contributed by atoms with Crippen LogP contribution in [-0.2, 0) is 0 Å². The van der Waals surface area contributed by atoms with Gasteiger partial charge in [-0.3, -0.25) is 14.6 Å². The number of benzene rings is 2. The topological polar surface area (TPSA) is 40.6 Å². The molecule has 0 atom stereocenters. The van der Waals surface area contributed by atoms with E-state index in [2.05, 4.69) is 15.9 Å². The first-order chi connectivity index (χ1) is 11.3. The molecule has 0 bridgehead atoms. The molecule has 2 amide bonds. The first-order valence-electron chi connectivity index (χ1n) is 7.44. The normalized spacial score (nSPS) is 10.6. The molecule has 0 unspecified atom stereocenters. The van der Waals surface area contributed by atoms with E-state index in [1.54, 1.807) is 49.5 Å². The predicted octanol–water partition coefficient (Wildman–Crippen LogP) is 4.64. The highest BCUT2D eigenvalue weighted by Gasteiger charge is 2.28. The number of rotatable bonds is 3. The summed E-state index contributed by atoms with van der Waals surface area (Å²) in [5.41, 5.74) is 0.967. The van der Waals surface area contributed by atoms with Crippen molar-refractivity contribution < 1.29 is 9.59 Å². The lowest BCUT2D eigenvalue weighted by Crippen LogP contribution is -2.51. The van der Waals surface area contributed by atoms with Crippen molar-refractivity contribution in [3.05, 3.63) is 69.2 Å². The van der Waals surface area contributed by atoms with Crippen molar-refractivity contribution in [1.82, 2.24) is 10.0 Å². The summed E-state index contributed by atoms with van der Waals surface area (Å²) in [7, 11) is 1.59. The zero-order valence-corrected chi connectivity index (χ0v) is 16.0. The zero-order chi connectivity index (χ0) is 17.9. The molecular weight excluding hydrogens is 392 g/mol. The van der Waals surface area contributed by atoms with E-state index < -0.39 is 0 Å². The molecule has 4 nitrogen and oxygen atoms in total. The van der Waals surface area contributed by atoms with Crippen LogP contribution in [0.2, 0.25) is 5.02 Å². The Bertz CT molecular complexity index is 750. The van der Waals surface area contributed by atoms with Gasteiger partial charge in [0, 0.05) is 28.1 Å². The van der Waals surface area contributed by atoms with Gasteiger partial charge in [-0.1, -0.05) is 29.8 Å². The molecule has 0 aliphatic rings. The Kier molecular flexibility index (Phi) is 6.02. The fourth-order valence-corrected chi connectivity index (χ4v) is 3.22. The average molecular weight is 410 g/mol. The Morgan fingerprint density at radius 2 is 1.67 bits per heavy atom. The van der Waals surface area contributed by atoms with Crippen LogP contribution in [0.15, 0.2) is 53.0 Å². The number of amides is 2. The van der Waals surface area contributed by atoms with Crippen molar-refractivity contribution in [2.75, 3.05) is 7.05 Å². The highest BCUT2D eigenvalue weighted by molar-refractivity contribution is 9.10. The number of hydrogen-bond acceptors (Lipinski definition) is 2. The first kappa shape index (κ1) is 18.5. The summed E-state index contributed by atoms with van der Waals surface area (Å²) >= 11 is 9.30. The van der Waals surface area contributed by atoms with E-state index >= 15 is 0 Å². The number of hydrazine groups is 1. The van der Waals surface area contributed by atoms with E-state index in [1.807, 2.05) is 19.9 Å². The Balaban J connectivity index is 2.35. The maximum absolute atomic E-state index is 13.0. The highest BCUT2D eigenvalue weighted by Crippen LogP contribution is 2.24. The molecule has 0 saturated heterocycles. The average Bonchev–Trinajstić information content (AvgIpc) is 2.54. The summed E-state index contributed by atoms with van der Waals surface area (Å²) < 4.78 is 0.589. The Morgan fingerprint density at radius 3 is 2.21 bits per heavy atom. The molecule has 0 aliphatic carbocycles. The largest absolute Gasteiger partial charge is 0.273 e. The van der Waals surface area contributed by atoms with Crippen LogP contribution in [0.3, 0.4) is 0 Å². The molecular formula is C18H18BrClN2O2. The molecule has 0 fully saturated rings. The minimum absolute atomic E-state index is 0.197. The highest BCUT2D eigenvalue weighted by atomic mass is 79.9. The fourth-order valence-electron chi connectivity index (χ4n) is 2.37. The molecule has 2 aromatic rings. The molecule has 126 valence electrons. The molecule has 0 aliphatic heterocycles. The van der Waals surface area contributed by atoms with Gasteiger partial charge >= 0.3 is 0 Å². The SMILES string of the molecule is CC(C)N(C(=O)c1ccc(Cl)cc1Br)N(C)C(=O)c1ccccc1. The van der Waals surface area contributed by atoms with Gasteiger partial charge in [0.2, 0.25) is 0 Å². The number of halogens is 2. The van der Waals surface area contributed by atoms with Gasteiger partial charge in [-0.2, -0.15) is 0 Å². The summed E-state index contributed by atoms with van der Waals surface area (Å²) in [4.78, 5) is 25.6. The molecule has 0 saturated carbocycles. The number of carbonyl (C=O) groups excluding carboxylic acids is 2. The van der Waals surface area contributed by atoms with Crippen LogP contribution in [0.1, 0.15) is 34.6 Å². The Labute approximate surface area is 155 Å². The zero-order valence-electron chi connectivity index (χ0n) is 13.7. The molecule has 0 N–H and O–H groups in total. The van der Waals surface area contributed by atoms with Gasteiger partial charge in [-0.25, -0.2) is 5.01 Å². The van der Waals surface area contributed by atoms with Crippen molar-refractivity contribution in [2.24, 2.45) is 0 Å². The van der Waals surface area contributed by atoms with Crippen LogP contribution in [0.4, 0.5) is 0 Å². The van der Waals surface area contributed by atoms with Crippen LogP contribution < -0.4 is 0 Å². The number of hydrogen-bond donors (Lipinski definition) is 0. The third-order valence-electron chi connectivity index (χ3n) is 3.50. The third-order valence-corrected chi connectivity index (χ3v) is 4.39. The minimum Gasteiger partial charge on any atom is -0.267 e. The van der Waals surface area contributed by atoms with Crippen molar-refractivity contribution in [3.63, 3.8) is 0 Å². The van der Waals surface area contributed by atoms with Gasteiger partial charge in [0.1, 0.15) is 0 Å². The van der Waals surface area contributed by atoms with Gasteiger partial charge in [0.15, 0.2) is 0 Å². The molecule has 2 rings (SSSR count). The lowest BCUT2D eigenvalue weighted by Gasteiger charge is -2.35. The molecule has 0 heterocycles. The van der Waals surface area contributed by atoms with Gasteiger partial charge in [-0.05, 0) is 60.1 Å². The monoisotopic (exact) mass is 408 g/mol.